The Morgan fingerprint density at radius 3 is 2.24 bits per heavy atom. The van der Waals surface area contributed by atoms with Gasteiger partial charge in [0.15, 0.2) is 0 Å². The number of alkyl halides is 3. The third-order valence-electron chi connectivity index (χ3n) is 11.0. The van der Waals surface area contributed by atoms with Gasteiger partial charge in [-0.1, -0.05) is 6.92 Å². The van der Waals surface area contributed by atoms with Gasteiger partial charge in [0.05, 0.1) is 13.2 Å². The molecule has 3 unspecified atom stereocenters. The number of nitrogens with one attached hydrogen (secondary N) is 4. The van der Waals surface area contributed by atoms with E-state index in [0.29, 0.717) is 12.5 Å². The summed E-state index contributed by atoms with van der Waals surface area (Å²) in [6, 6.07) is -2.77. The number of carbonyl (C=O) groups excluding carboxylic acids is 7. The van der Waals surface area contributed by atoms with Crippen molar-refractivity contribution in [3.63, 3.8) is 0 Å². The molecule has 336 valence electrons. The van der Waals surface area contributed by atoms with E-state index < -0.39 is 114 Å². The summed E-state index contributed by atoms with van der Waals surface area (Å²) in [5.74, 6) is -7.59. The van der Waals surface area contributed by atoms with Crippen molar-refractivity contribution in [1.82, 2.24) is 30.7 Å². The topological polar surface area (TPSA) is 205 Å². The van der Waals surface area contributed by atoms with Crippen LogP contribution in [0.25, 0.3) is 0 Å². The first-order chi connectivity index (χ1) is 29.3. The van der Waals surface area contributed by atoms with Crippen molar-refractivity contribution in [2.24, 2.45) is 5.92 Å². The Morgan fingerprint density at radius 2 is 1.56 bits per heavy atom. The fourth-order valence-corrected chi connectivity index (χ4v) is 8.08. The lowest BCUT2D eigenvalue weighted by Gasteiger charge is -2.39. The van der Waals surface area contributed by atoms with E-state index in [2.05, 4.69) is 26.0 Å². The van der Waals surface area contributed by atoms with Gasteiger partial charge in [0.25, 0.3) is 0 Å². The maximum Gasteiger partial charge on any atom is 0.573 e. The maximum atomic E-state index is 14.7. The second-order valence-corrected chi connectivity index (χ2v) is 15.7. The van der Waals surface area contributed by atoms with Crippen molar-refractivity contribution < 1.29 is 69.7 Å². The minimum Gasteiger partial charge on any atom is -0.458 e. The van der Waals surface area contributed by atoms with Crippen molar-refractivity contribution in [1.29, 1.82) is 0 Å². The average Bonchev–Trinajstić information content (AvgIpc) is 3.85. The van der Waals surface area contributed by atoms with Crippen LogP contribution in [0.2, 0.25) is 0 Å². The van der Waals surface area contributed by atoms with Gasteiger partial charge in [-0.3, -0.25) is 24.0 Å². The predicted molar refractivity (Wildman–Crippen MR) is 205 cm³/mol. The molecule has 0 radical (unpaired) electrons. The van der Waals surface area contributed by atoms with Gasteiger partial charge in [-0.05, 0) is 81.0 Å². The zero-order valence-corrected chi connectivity index (χ0v) is 33.8. The van der Waals surface area contributed by atoms with Crippen LogP contribution in [0.5, 0.6) is 5.75 Å². The number of benzene rings is 2. The molecule has 0 aliphatic carbocycles. The zero-order valence-electron chi connectivity index (χ0n) is 33.8. The smallest absolute Gasteiger partial charge is 0.458 e. The normalized spacial score (nSPS) is 26.7. The van der Waals surface area contributed by atoms with E-state index in [-0.39, 0.29) is 62.9 Å². The van der Waals surface area contributed by atoms with Crippen LogP contribution in [0.3, 0.4) is 0 Å². The summed E-state index contributed by atoms with van der Waals surface area (Å²) in [4.78, 5) is 101. The number of anilines is 1. The van der Waals surface area contributed by atoms with Crippen LogP contribution in [0, 0.1) is 17.6 Å². The first-order valence-corrected chi connectivity index (χ1v) is 20.0. The molecule has 62 heavy (non-hydrogen) atoms. The number of hydrogen-bond donors (Lipinski definition) is 4. The molecular weight excluding hydrogens is 833 g/mol. The largest absolute Gasteiger partial charge is 0.573 e. The number of urea groups is 1. The summed E-state index contributed by atoms with van der Waals surface area (Å²) < 4.78 is 81.9. The molecule has 6 rings (SSSR count). The summed E-state index contributed by atoms with van der Waals surface area (Å²) in [6.45, 7) is 4.57. The molecule has 7 amide bonds. The third-order valence-corrected chi connectivity index (χ3v) is 11.0. The number of ether oxygens (including phenoxy) is 3. The molecule has 2 aromatic rings. The van der Waals surface area contributed by atoms with E-state index in [0.717, 1.165) is 36.4 Å². The predicted octanol–water partition coefficient (Wildman–Crippen LogP) is 1.99. The SMILES string of the molecule is C[C@H]1CC2C(=O)O[C@@H](C)[C@H](NC(=O)[C@H](Cc3cc(F)cc(F)c3)NC(=O)Nc3ccc(OC(F)(F)F)cc3)C(=O)N3CCCC3C(=O)N3CCOCC3C(=O)N[C@@H](C)C(=O)N2C1. The zero-order chi connectivity index (χ0) is 45.0. The number of nitrogens with zero attached hydrogens (tertiary/aromatic N) is 3. The molecular formula is C40H46F5N7O10. The second kappa shape index (κ2) is 18.9. The fraction of sp³-hybridized carbons (Fsp3) is 0.525. The number of halogens is 5. The number of amides is 7. The molecule has 17 nitrogen and oxygen atoms in total. The van der Waals surface area contributed by atoms with Gasteiger partial charge in [-0.15, -0.1) is 13.2 Å². The molecule has 4 aliphatic rings. The average molecular weight is 880 g/mol. The Hall–Kier alpha value is -6.06. The highest BCUT2D eigenvalue weighted by Gasteiger charge is 2.47. The van der Waals surface area contributed by atoms with Crippen molar-refractivity contribution in [2.45, 2.75) is 95.2 Å². The minimum atomic E-state index is -4.98. The molecule has 4 fully saturated rings. The van der Waals surface area contributed by atoms with E-state index in [1.54, 1.807) is 6.92 Å². The number of esters is 1. The molecule has 8 atom stereocenters. The Labute approximate surface area is 351 Å². The molecule has 4 heterocycles. The number of rotatable bonds is 7. The number of fused-ring (bicyclic) bond motifs is 3. The van der Waals surface area contributed by atoms with Gasteiger partial charge < -0.3 is 50.2 Å². The minimum absolute atomic E-state index is 0.0146. The van der Waals surface area contributed by atoms with E-state index >= 15 is 0 Å². The lowest BCUT2D eigenvalue weighted by Crippen LogP contribution is -2.64. The number of hydrogen-bond acceptors (Lipinski definition) is 10. The highest BCUT2D eigenvalue weighted by atomic mass is 19.4. The van der Waals surface area contributed by atoms with Crippen LogP contribution in [-0.4, -0.2) is 138 Å². The number of morpholine rings is 1. The Bertz CT molecular complexity index is 2040. The molecule has 22 heteroatoms. The van der Waals surface area contributed by atoms with Gasteiger partial charge in [-0.25, -0.2) is 18.4 Å². The summed E-state index contributed by atoms with van der Waals surface area (Å²) in [5, 5.41) is 9.86. The monoisotopic (exact) mass is 879 g/mol. The first-order valence-electron chi connectivity index (χ1n) is 20.0. The molecule has 2 aromatic carbocycles. The molecule has 4 saturated heterocycles. The Balaban J connectivity index is 1.32. The van der Waals surface area contributed by atoms with Crippen molar-refractivity contribution in [3.05, 3.63) is 59.7 Å². The van der Waals surface area contributed by atoms with E-state index in [1.807, 2.05) is 0 Å². The third kappa shape index (κ3) is 10.9. The van der Waals surface area contributed by atoms with Crippen molar-refractivity contribution >= 4 is 47.2 Å². The summed E-state index contributed by atoms with van der Waals surface area (Å²) in [7, 11) is 0. The molecule has 0 aromatic heterocycles. The number of carbonyl (C=O) groups is 7. The molecule has 4 N–H and O–H groups in total. The molecule has 0 bridgehead atoms. The fourth-order valence-electron chi connectivity index (χ4n) is 8.08. The first kappa shape index (κ1) is 45.5. The van der Waals surface area contributed by atoms with E-state index in [9.17, 15) is 55.5 Å². The maximum absolute atomic E-state index is 14.7. The van der Waals surface area contributed by atoms with E-state index in [1.165, 1.54) is 28.5 Å². The summed E-state index contributed by atoms with van der Waals surface area (Å²) >= 11 is 0. The van der Waals surface area contributed by atoms with Gasteiger partial charge in [-0.2, -0.15) is 0 Å². The quantitative estimate of drug-likeness (QED) is 0.235. The molecule has 4 aliphatic heterocycles. The van der Waals surface area contributed by atoms with Gasteiger partial charge >= 0.3 is 18.4 Å². The highest BCUT2D eigenvalue weighted by molar-refractivity contribution is 5.99. The molecule has 0 saturated carbocycles. The van der Waals surface area contributed by atoms with Crippen LogP contribution in [0.4, 0.5) is 32.4 Å². The van der Waals surface area contributed by atoms with Gasteiger partial charge in [0, 0.05) is 37.8 Å². The lowest BCUT2D eigenvalue weighted by molar-refractivity contribution is -0.274. The lowest BCUT2D eigenvalue weighted by atomic mass is 10.0. The van der Waals surface area contributed by atoms with Gasteiger partial charge in [0.2, 0.25) is 29.5 Å². The van der Waals surface area contributed by atoms with E-state index in [4.69, 9.17) is 9.47 Å². The Morgan fingerprint density at radius 1 is 0.887 bits per heavy atom. The second-order valence-electron chi connectivity index (χ2n) is 15.7. The summed E-state index contributed by atoms with van der Waals surface area (Å²) in [6.07, 6.45) is -6.37. The van der Waals surface area contributed by atoms with Crippen LogP contribution in [-0.2, 0) is 44.7 Å². The standard InChI is InChI=1S/C40H46F5N7O10/c1-20-13-30-38(58)61-22(3)32(37(57)50-10-4-5-29(50)36(56)51-11-12-60-19-31(51)34(54)46-21(2)35(55)52(30)18-20)49-33(53)28(16-23-14-24(41)17-25(42)15-23)48-39(59)47-26-6-8-27(9-7-26)62-40(43,44)45/h6-9,14-15,17,20-22,28-32H,4-5,10-13,16,18-19H2,1-3H3,(H,46,54)(H,49,53)(H2,47,48,59)/t20-,21-,22-,28-,29?,30?,31?,32-/m0/s1. The van der Waals surface area contributed by atoms with Crippen molar-refractivity contribution in [2.75, 3.05) is 38.2 Å². The summed E-state index contributed by atoms with van der Waals surface area (Å²) in [5.41, 5.74) is -0.154. The number of cyclic esters (lactones) is 1. The van der Waals surface area contributed by atoms with Crippen LogP contribution < -0.4 is 26.0 Å². The highest BCUT2D eigenvalue weighted by Crippen LogP contribution is 2.28. The van der Waals surface area contributed by atoms with Crippen molar-refractivity contribution in [3.8, 4) is 5.75 Å². The Kier molecular flexibility index (Phi) is 13.9. The van der Waals surface area contributed by atoms with Gasteiger partial charge in [0.1, 0.15) is 59.7 Å². The van der Waals surface area contributed by atoms with Crippen LogP contribution in [0.15, 0.2) is 42.5 Å². The molecule has 0 spiro atoms. The van der Waals surface area contributed by atoms with Crippen LogP contribution in [0.1, 0.15) is 45.6 Å². The van der Waals surface area contributed by atoms with Crippen LogP contribution >= 0.6 is 0 Å².